The Morgan fingerprint density at radius 1 is 0.293 bits per heavy atom. The Kier molecular flexibility index (Phi) is 41.7. The molecule has 24 heteroatoms. The number of hydrogen-bond donors (Lipinski definition) is 4. The summed E-state index contributed by atoms with van der Waals surface area (Å²) in [6, 6.07) is 75.7. The number of carboxylic acids is 4. The van der Waals surface area contributed by atoms with Crippen LogP contribution in [0.5, 0.6) is 23.0 Å². The van der Waals surface area contributed by atoms with Gasteiger partial charge in [-0.2, -0.15) is 11.3 Å². The predicted octanol–water partition coefficient (Wildman–Crippen LogP) is 27.2. The number of benzene rings is 8. The first-order valence-corrected chi connectivity index (χ1v) is 51.8. The van der Waals surface area contributed by atoms with Crippen molar-refractivity contribution in [1.82, 2.24) is 19.6 Å². The Hall–Kier alpha value is -13.3. The second-order valence-electron chi connectivity index (χ2n) is 36.4. The molecule has 140 heavy (non-hydrogen) atoms. The van der Waals surface area contributed by atoms with Crippen molar-refractivity contribution in [3.8, 4) is 67.0 Å². The van der Waals surface area contributed by atoms with Crippen molar-refractivity contribution in [2.75, 3.05) is 26.4 Å². The summed E-state index contributed by atoms with van der Waals surface area (Å²) in [6.07, 6.45) is 32.3. The van der Waals surface area contributed by atoms with E-state index in [4.69, 9.17) is 48.2 Å². The minimum Gasteiger partial charge on any atom is -0.493 e. The first-order valence-electron chi connectivity index (χ1n) is 49.9. The molecule has 0 spiro atoms. The van der Waals surface area contributed by atoms with Gasteiger partial charge in [0.2, 0.25) is 0 Å². The van der Waals surface area contributed by atoms with Crippen LogP contribution in [-0.2, 0) is 45.4 Å². The zero-order valence-electron chi connectivity index (χ0n) is 80.1. The molecule has 4 aromatic heterocycles. The molecule has 0 saturated heterocycles. The van der Waals surface area contributed by atoms with Crippen molar-refractivity contribution in [2.24, 2.45) is 0 Å². The Balaban J connectivity index is 0.000000157. The van der Waals surface area contributed by atoms with Crippen molar-refractivity contribution >= 4 is 70.2 Å². The third-order valence-corrected chi connectivity index (χ3v) is 28.0. The maximum Gasteiger partial charge on any atom is 0.303 e. The van der Waals surface area contributed by atoms with Crippen LogP contribution >= 0.6 is 22.7 Å². The van der Waals surface area contributed by atoms with Crippen LogP contribution < -0.4 is 18.9 Å². The zero-order chi connectivity index (χ0) is 97.8. The predicted molar refractivity (Wildman–Crippen MR) is 548 cm³/mol. The molecule has 0 atom stereocenters. The number of amides is 4. The van der Waals surface area contributed by atoms with Crippen molar-refractivity contribution < 1.29 is 86.6 Å². The Morgan fingerprint density at radius 2 is 0.607 bits per heavy atom. The van der Waals surface area contributed by atoms with E-state index >= 15 is 0 Å². The van der Waals surface area contributed by atoms with Gasteiger partial charge in [0, 0.05) is 137 Å². The molecule has 0 radical (unpaired) electrons. The SMILES string of the molecule is O=C(O)CCCCCOc1ccccc1CN(C(=O)c1ccc(-c2ccco2)cc1)C1CCCC1.O=C(O)CCCCCOc1ccccc1CN(C(=O)c1ccc(-c2cccs2)cc1)C1CCCC1.O=C(O)CCCCCOc1ccccc1CN(C(=O)c1ccc(-c2ccoc2)cc1)C1CCCC1.O=C(O)CCCCCOc1ccccc1CN(C(=O)c1ccc(-c2ccsc2)cc1)C1CCCC1. The van der Waals surface area contributed by atoms with Crippen LogP contribution in [0.2, 0.25) is 0 Å². The fourth-order valence-electron chi connectivity index (χ4n) is 18.7. The number of hydrogen-bond acceptors (Lipinski definition) is 16. The third-order valence-electron chi connectivity index (χ3n) is 26.4. The molecule has 4 aliphatic carbocycles. The highest BCUT2D eigenvalue weighted by Crippen LogP contribution is 2.38. The Morgan fingerprint density at radius 3 is 0.886 bits per heavy atom. The Bertz CT molecular complexity index is 5060. The number of nitrogens with zero attached hydrogens (tertiary/aromatic N) is 4. The topological polar surface area (TPSA) is 294 Å². The molecule has 16 rings (SSSR count). The summed E-state index contributed by atoms with van der Waals surface area (Å²) in [7, 11) is 0. The summed E-state index contributed by atoms with van der Waals surface area (Å²) >= 11 is 3.37. The second-order valence-corrected chi connectivity index (χ2v) is 38.1. The smallest absolute Gasteiger partial charge is 0.303 e. The molecule has 736 valence electrons. The van der Waals surface area contributed by atoms with Crippen LogP contribution in [0.25, 0.3) is 44.0 Å². The number of thiophene rings is 2. The highest BCUT2D eigenvalue weighted by atomic mass is 32.1. The molecule has 8 aromatic carbocycles. The summed E-state index contributed by atoms with van der Waals surface area (Å²) in [5.41, 5.74) is 13.2. The average Bonchev–Trinajstić information content (AvgIpc) is 1.52. The minimum absolute atomic E-state index is 0.0337. The number of rotatable bonds is 48. The first kappa shape index (κ1) is 104. The van der Waals surface area contributed by atoms with E-state index in [1.54, 1.807) is 41.5 Å². The summed E-state index contributed by atoms with van der Waals surface area (Å²) in [4.78, 5) is 107. The van der Waals surface area contributed by atoms with Gasteiger partial charge in [-0.3, -0.25) is 38.4 Å². The minimum atomic E-state index is -0.761. The molecule has 0 bridgehead atoms. The first-order chi connectivity index (χ1) is 68.5. The van der Waals surface area contributed by atoms with E-state index in [9.17, 15) is 38.4 Å². The highest BCUT2D eigenvalue weighted by Gasteiger charge is 2.34. The standard InChI is InChI=1S/2C29H33NO5.2C29H33NO4S/c31-28(32)14-2-1-7-19-34-27-12-6-3-9-24(27)21-30(25-10-4-5-11-25)29(33)23-17-15-22(16-18-23)26-13-8-20-35-26;31-28(32)12-2-1-7-18-35-27-11-6-3-8-24(27)20-30(26-9-4-5-10-26)29(33)23-15-13-22(14-16-23)25-17-19-34-21-25;31-28(32)14-2-1-7-19-34-26-12-6-3-9-24(26)21-30(25-10-4-5-11-25)29(33)23-17-15-22(16-18-23)27-13-8-20-35-27;31-28(32)12-2-1-7-18-34-27-11-6-3-8-24(27)20-30(26-9-4-5-10-26)29(33)23-15-13-22(14-16-23)25-17-19-35-21-25/h3,6,8-9,12-13,15-18,20,25H,1-2,4-5,7,10-11,14,19,21H2,(H,31,32);3,6,8,11,13-17,19,21,26H,1-2,4-5,7,9-10,12,18,20H2,(H,31,32);3,6,8-9,12-13,15-18,20,25H,1-2,4-5,7,10-11,14,19,21H2,(H,31,32);3,6,8,11,13-17,19,21,26H,1-2,4-5,7,9-10,12,18,20H2,(H,31,32). The lowest BCUT2D eigenvalue weighted by Gasteiger charge is -2.30. The largest absolute Gasteiger partial charge is 0.493 e. The average molecular weight is 1930 g/mol. The lowest BCUT2D eigenvalue weighted by molar-refractivity contribution is -0.138. The molecule has 22 nitrogen and oxygen atoms in total. The number of para-hydroxylation sites is 4. The van der Waals surface area contributed by atoms with Gasteiger partial charge in [-0.25, -0.2) is 0 Å². The van der Waals surface area contributed by atoms with Crippen molar-refractivity contribution in [3.63, 3.8) is 0 Å². The van der Waals surface area contributed by atoms with Gasteiger partial charge in [0.1, 0.15) is 28.8 Å². The molecular formula is C116H132N4O18S2. The van der Waals surface area contributed by atoms with Crippen LogP contribution in [0.1, 0.15) is 269 Å². The maximum atomic E-state index is 13.7. The number of carboxylic acid groups (broad SMARTS) is 4. The summed E-state index contributed by atoms with van der Waals surface area (Å²) < 4.78 is 34.9. The van der Waals surface area contributed by atoms with E-state index in [0.717, 1.165) is 233 Å². The normalized spacial score (nSPS) is 13.6. The fourth-order valence-corrected chi connectivity index (χ4v) is 20.1. The highest BCUT2D eigenvalue weighted by molar-refractivity contribution is 7.13. The van der Waals surface area contributed by atoms with Crippen LogP contribution in [0.3, 0.4) is 0 Å². The summed E-state index contributed by atoms with van der Waals surface area (Å²) in [5.74, 6) is 1.14. The monoisotopic (exact) mass is 1930 g/mol. The third kappa shape index (κ3) is 32.4. The zero-order valence-corrected chi connectivity index (χ0v) is 81.7. The van der Waals surface area contributed by atoms with Gasteiger partial charge in [0.25, 0.3) is 23.6 Å². The molecule has 4 aliphatic rings. The van der Waals surface area contributed by atoms with E-state index in [0.29, 0.717) is 101 Å². The fraction of sp³-hybridized carbons (Fsp3) is 0.379. The molecule has 12 aromatic rings. The van der Waals surface area contributed by atoms with Gasteiger partial charge in [-0.1, -0.05) is 179 Å². The van der Waals surface area contributed by atoms with Gasteiger partial charge in [0.05, 0.1) is 45.2 Å². The molecule has 4 heterocycles. The van der Waals surface area contributed by atoms with Gasteiger partial charge in [-0.15, -0.1) is 11.3 Å². The van der Waals surface area contributed by atoms with Crippen molar-refractivity contribution in [3.05, 3.63) is 310 Å². The Labute approximate surface area is 830 Å². The maximum absolute atomic E-state index is 13.7. The number of ether oxygens (including phenoxy) is 4. The second kappa shape index (κ2) is 56.1. The number of unbranched alkanes of at least 4 members (excludes halogenated alkanes) is 8. The lowest BCUT2D eigenvalue weighted by Crippen LogP contribution is -2.38. The number of carbonyl (C=O) groups excluding carboxylic acids is 4. The molecule has 4 N–H and O–H groups in total. The lowest BCUT2D eigenvalue weighted by atomic mass is 10.0. The molecular weight excluding hydrogens is 1800 g/mol. The van der Waals surface area contributed by atoms with E-state index in [-0.39, 0.29) is 73.5 Å². The van der Waals surface area contributed by atoms with Crippen LogP contribution in [0.15, 0.2) is 274 Å². The van der Waals surface area contributed by atoms with E-state index in [2.05, 4.69) is 28.3 Å². The van der Waals surface area contributed by atoms with Crippen LogP contribution in [0.4, 0.5) is 0 Å². The van der Waals surface area contributed by atoms with E-state index in [1.807, 2.05) is 238 Å². The molecule has 4 amide bonds. The number of furan rings is 2. The van der Waals surface area contributed by atoms with Gasteiger partial charge >= 0.3 is 23.9 Å². The van der Waals surface area contributed by atoms with Crippen molar-refractivity contribution in [2.45, 2.75) is 256 Å². The van der Waals surface area contributed by atoms with Gasteiger partial charge < -0.3 is 67.8 Å². The van der Waals surface area contributed by atoms with Crippen LogP contribution in [0, 0.1) is 0 Å². The van der Waals surface area contributed by atoms with Gasteiger partial charge in [-0.05, 0) is 270 Å². The van der Waals surface area contributed by atoms with Crippen LogP contribution in [-0.4, -0.2) is 138 Å². The number of aliphatic carboxylic acids is 4. The summed E-state index contributed by atoms with van der Waals surface area (Å²) in [5, 5.41) is 41.3. The summed E-state index contributed by atoms with van der Waals surface area (Å²) in [6.45, 7) is 4.18. The molecule has 0 unspecified atom stereocenters. The molecule has 0 aliphatic heterocycles. The van der Waals surface area contributed by atoms with E-state index < -0.39 is 23.9 Å². The molecule has 4 saturated carbocycles. The molecule has 4 fully saturated rings. The van der Waals surface area contributed by atoms with E-state index in [1.165, 1.54) is 10.4 Å². The van der Waals surface area contributed by atoms with Crippen molar-refractivity contribution in [1.29, 1.82) is 0 Å². The number of carbonyl (C=O) groups is 8. The van der Waals surface area contributed by atoms with Gasteiger partial charge in [0.15, 0.2) is 0 Å². The quantitative estimate of drug-likeness (QED) is 0.0258.